The van der Waals surface area contributed by atoms with Crippen LogP contribution in [0.2, 0.25) is 0 Å². The van der Waals surface area contributed by atoms with Crippen molar-refractivity contribution in [3.05, 3.63) is 175 Å². The van der Waals surface area contributed by atoms with Gasteiger partial charge in [-0.3, -0.25) is 0 Å². The average molecular weight is 671 g/mol. The van der Waals surface area contributed by atoms with Crippen molar-refractivity contribution in [2.24, 2.45) is 0 Å². The van der Waals surface area contributed by atoms with Crippen LogP contribution in [0.25, 0.3) is 82.5 Å². The van der Waals surface area contributed by atoms with E-state index in [0.29, 0.717) is 0 Å². The molecule has 1 atom stereocenters. The first-order chi connectivity index (χ1) is 25.3. The van der Waals surface area contributed by atoms with Crippen molar-refractivity contribution in [3.63, 3.8) is 0 Å². The fraction of sp³-hybridized carbons (Fsp3) is 0.0213. The fourth-order valence-corrected chi connectivity index (χ4v) is 9.32. The molecule has 8 aromatic carbocycles. The van der Waals surface area contributed by atoms with Gasteiger partial charge in [-0.1, -0.05) is 133 Å². The number of aromatic nitrogens is 1. The Morgan fingerprint density at radius 1 is 0.471 bits per heavy atom. The third kappa shape index (κ3) is 4.40. The summed E-state index contributed by atoms with van der Waals surface area (Å²) in [5.74, 6) is 0. The third-order valence-electron chi connectivity index (χ3n) is 10.4. The van der Waals surface area contributed by atoms with Gasteiger partial charge in [-0.05, 0) is 87.1 Å². The summed E-state index contributed by atoms with van der Waals surface area (Å²) in [6.45, 7) is 0. The lowest BCUT2D eigenvalue weighted by atomic mass is 9.98. The van der Waals surface area contributed by atoms with E-state index in [9.17, 15) is 0 Å². The summed E-state index contributed by atoms with van der Waals surface area (Å²) < 4.78 is 8.88. The van der Waals surface area contributed by atoms with Crippen molar-refractivity contribution in [2.45, 2.75) is 10.3 Å². The van der Waals surface area contributed by atoms with Crippen LogP contribution in [0.15, 0.2) is 179 Å². The lowest BCUT2D eigenvalue weighted by Gasteiger charge is -2.17. The number of fused-ring (bicyclic) bond motifs is 10. The van der Waals surface area contributed by atoms with E-state index >= 15 is 0 Å². The second-order valence-corrected chi connectivity index (χ2v) is 14.5. The SMILES string of the molecule is c1ccc(-c2cccc(-n3c4ccccc4c4c5ccccc5c(C5Nc6c(ccc7oc8ccc(-c9ccccc9)cc8c67)S5)cc43)c2)cc1. The quantitative estimate of drug-likeness (QED) is 0.202. The van der Waals surface area contributed by atoms with Gasteiger partial charge in [0.05, 0.1) is 22.1 Å². The van der Waals surface area contributed by atoms with Crippen molar-refractivity contribution in [3.8, 4) is 27.9 Å². The minimum atomic E-state index is 0.0178. The van der Waals surface area contributed by atoms with Gasteiger partial charge >= 0.3 is 0 Å². The van der Waals surface area contributed by atoms with E-state index in [1.54, 1.807) is 0 Å². The Labute approximate surface area is 298 Å². The highest BCUT2D eigenvalue weighted by Gasteiger charge is 2.29. The molecule has 0 aliphatic carbocycles. The van der Waals surface area contributed by atoms with Gasteiger partial charge in [-0.15, -0.1) is 0 Å². The molecule has 10 aromatic rings. The molecule has 0 spiro atoms. The van der Waals surface area contributed by atoms with E-state index in [1.165, 1.54) is 65.3 Å². The summed E-state index contributed by atoms with van der Waals surface area (Å²) in [4.78, 5) is 1.24. The van der Waals surface area contributed by atoms with Crippen molar-refractivity contribution < 1.29 is 4.42 Å². The maximum atomic E-state index is 6.42. The van der Waals surface area contributed by atoms with E-state index in [4.69, 9.17) is 4.42 Å². The number of benzene rings is 8. The normalized spacial score (nSPS) is 14.2. The van der Waals surface area contributed by atoms with Gasteiger partial charge < -0.3 is 14.3 Å². The lowest BCUT2D eigenvalue weighted by molar-refractivity contribution is 0.669. The molecular formula is C47H30N2OS. The molecule has 1 aliphatic rings. The highest BCUT2D eigenvalue weighted by Crippen LogP contribution is 2.53. The maximum absolute atomic E-state index is 6.42. The monoisotopic (exact) mass is 670 g/mol. The van der Waals surface area contributed by atoms with E-state index in [-0.39, 0.29) is 5.37 Å². The number of nitrogens with one attached hydrogen (secondary N) is 1. The van der Waals surface area contributed by atoms with Gasteiger partial charge in [-0.2, -0.15) is 0 Å². The Morgan fingerprint density at radius 3 is 1.94 bits per heavy atom. The van der Waals surface area contributed by atoms with Gasteiger partial charge in [0.1, 0.15) is 16.5 Å². The molecule has 3 heterocycles. The average Bonchev–Trinajstić information content (AvgIpc) is 3.89. The lowest BCUT2D eigenvalue weighted by Crippen LogP contribution is -2.03. The summed E-state index contributed by atoms with van der Waals surface area (Å²) in [7, 11) is 0. The van der Waals surface area contributed by atoms with Gasteiger partial charge in [-0.25, -0.2) is 0 Å². The number of rotatable bonds is 4. The Balaban J connectivity index is 1.11. The molecule has 0 saturated carbocycles. The van der Waals surface area contributed by atoms with Crippen LogP contribution < -0.4 is 5.32 Å². The topological polar surface area (TPSA) is 30.1 Å². The summed E-state index contributed by atoms with van der Waals surface area (Å²) in [5.41, 5.74) is 12.6. The first-order valence-corrected chi connectivity index (χ1v) is 18.2. The summed E-state index contributed by atoms with van der Waals surface area (Å²) in [6, 6.07) is 61.2. The smallest absolute Gasteiger partial charge is 0.137 e. The second kappa shape index (κ2) is 11.1. The van der Waals surface area contributed by atoms with Crippen LogP contribution in [0.4, 0.5) is 5.69 Å². The van der Waals surface area contributed by atoms with Crippen LogP contribution in [0, 0.1) is 0 Å². The van der Waals surface area contributed by atoms with Gasteiger partial charge in [0.25, 0.3) is 0 Å². The standard InChI is InChI=1S/C47H30N2OS/c1-3-12-29(13-4-1)31-16-11-17-33(26-31)49-39-21-10-9-20-36(39)44-35-19-8-7-18-34(35)37(28-40(44)49)47-48-46-43(51-47)25-24-42-45(46)38-27-32(22-23-41(38)50-42)30-14-5-2-6-15-30/h1-28,47-48H. The Hall–Kier alpha value is -6.23. The van der Waals surface area contributed by atoms with Crippen LogP contribution in [0.5, 0.6) is 0 Å². The minimum absolute atomic E-state index is 0.0178. The molecule has 1 unspecified atom stereocenters. The number of nitrogens with zero attached hydrogens (tertiary/aromatic N) is 1. The summed E-state index contributed by atoms with van der Waals surface area (Å²) >= 11 is 1.89. The summed E-state index contributed by atoms with van der Waals surface area (Å²) in [6.07, 6.45) is 0. The number of thioether (sulfide) groups is 1. The molecule has 3 nitrogen and oxygen atoms in total. The second-order valence-electron chi connectivity index (χ2n) is 13.3. The molecule has 0 bridgehead atoms. The Kier molecular flexibility index (Phi) is 6.25. The van der Waals surface area contributed by atoms with Crippen LogP contribution in [0.1, 0.15) is 10.9 Å². The molecular weight excluding hydrogens is 641 g/mol. The van der Waals surface area contributed by atoms with Crippen LogP contribution in [0.3, 0.4) is 0 Å². The first-order valence-electron chi connectivity index (χ1n) is 17.4. The number of furan rings is 1. The maximum Gasteiger partial charge on any atom is 0.137 e. The molecule has 1 aliphatic heterocycles. The molecule has 51 heavy (non-hydrogen) atoms. The Bertz CT molecular complexity index is 2980. The highest BCUT2D eigenvalue weighted by atomic mass is 32.2. The van der Waals surface area contributed by atoms with E-state index in [2.05, 4.69) is 180 Å². The number of hydrogen-bond acceptors (Lipinski definition) is 3. The molecule has 1 N–H and O–H groups in total. The summed E-state index contributed by atoms with van der Waals surface area (Å²) in [5, 5.41) is 11.4. The number of anilines is 1. The number of hydrogen-bond donors (Lipinski definition) is 1. The molecule has 0 fully saturated rings. The van der Waals surface area contributed by atoms with Crippen LogP contribution >= 0.6 is 11.8 Å². The Morgan fingerprint density at radius 2 is 1.14 bits per heavy atom. The first kappa shape index (κ1) is 28.6. The van der Waals surface area contributed by atoms with Gasteiger partial charge in [0.15, 0.2) is 0 Å². The van der Waals surface area contributed by atoms with Crippen molar-refractivity contribution in [2.75, 3.05) is 5.32 Å². The fourth-order valence-electron chi connectivity index (χ4n) is 8.14. The molecule has 4 heteroatoms. The van der Waals surface area contributed by atoms with E-state index in [1.807, 2.05) is 11.8 Å². The minimum Gasteiger partial charge on any atom is -0.456 e. The molecule has 0 saturated heterocycles. The zero-order valence-corrected chi connectivity index (χ0v) is 28.3. The zero-order chi connectivity index (χ0) is 33.5. The van der Waals surface area contributed by atoms with Gasteiger partial charge in [0, 0.05) is 26.7 Å². The molecule has 0 radical (unpaired) electrons. The molecule has 240 valence electrons. The van der Waals surface area contributed by atoms with Crippen molar-refractivity contribution >= 4 is 72.0 Å². The predicted molar refractivity (Wildman–Crippen MR) is 215 cm³/mol. The predicted octanol–water partition coefficient (Wildman–Crippen LogP) is 13.4. The van der Waals surface area contributed by atoms with E-state index in [0.717, 1.165) is 33.3 Å². The van der Waals surface area contributed by atoms with Crippen molar-refractivity contribution in [1.29, 1.82) is 0 Å². The largest absolute Gasteiger partial charge is 0.456 e. The van der Waals surface area contributed by atoms with Crippen LogP contribution in [-0.2, 0) is 0 Å². The highest BCUT2D eigenvalue weighted by molar-refractivity contribution is 8.00. The molecule has 11 rings (SSSR count). The number of para-hydroxylation sites is 1. The van der Waals surface area contributed by atoms with Gasteiger partial charge in [0.2, 0.25) is 0 Å². The van der Waals surface area contributed by atoms with Crippen LogP contribution in [-0.4, -0.2) is 4.57 Å². The zero-order valence-electron chi connectivity index (χ0n) is 27.5. The molecule has 0 amide bonds. The third-order valence-corrected chi connectivity index (χ3v) is 11.6. The van der Waals surface area contributed by atoms with Crippen molar-refractivity contribution in [1.82, 2.24) is 4.57 Å². The molecule has 2 aromatic heterocycles. The van der Waals surface area contributed by atoms with E-state index < -0.39 is 0 Å².